The second-order valence-electron chi connectivity index (χ2n) is 14.6. The average molecular weight is 844 g/mol. The molecule has 0 N–H and O–H groups in total. The Morgan fingerprint density at radius 3 is 1.96 bits per heavy atom. The summed E-state index contributed by atoms with van der Waals surface area (Å²) in [6, 6.07) is 4.53. The van der Waals surface area contributed by atoms with E-state index in [1.165, 1.54) is 67.6 Å². The van der Waals surface area contributed by atoms with E-state index in [2.05, 4.69) is 53.7 Å². The van der Waals surface area contributed by atoms with Gasteiger partial charge in [0.25, 0.3) is 0 Å². The number of halogens is 2. The minimum absolute atomic E-state index is 0.0593. The summed E-state index contributed by atoms with van der Waals surface area (Å²) in [5.41, 5.74) is 0. The molecule has 11 heteroatoms. The van der Waals surface area contributed by atoms with Gasteiger partial charge in [-0.1, -0.05) is 98.8 Å². The quantitative estimate of drug-likeness (QED) is 0.0284. The predicted molar refractivity (Wildman–Crippen MR) is 246 cm³/mol. The number of ketones is 1. The van der Waals surface area contributed by atoms with E-state index in [4.69, 9.17) is 14.7 Å². The Labute approximate surface area is 347 Å². The molecule has 1 aromatic carbocycles. The van der Waals surface area contributed by atoms with Crippen LogP contribution in [0.4, 0.5) is 8.59 Å². The number of hydrogen-bond acceptors (Lipinski definition) is 7. The number of rotatable bonds is 23. The maximum absolute atomic E-state index is 16.0. The second kappa shape index (κ2) is 22.4. The number of carbonyl (C=O) groups excluding carboxylic acids is 1. The number of Topliss-reactive ketones (excluding diaryl/α,β-unsaturated/α-hetero) is 1. The Balaban J connectivity index is 0.000000841. The van der Waals surface area contributed by atoms with Crippen molar-refractivity contribution in [1.82, 2.24) is 0 Å². The van der Waals surface area contributed by atoms with Crippen molar-refractivity contribution in [2.24, 2.45) is 11.8 Å². The molecule has 0 saturated heterocycles. The fraction of sp³-hybridized carbons (Fsp3) is 0.605. The first-order valence-electron chi connectivity index (χ1n) is 22.2. The summed E-state index contributed by atoms with van der Waals surface area (Å²) in [4.78, 5) is 17.9. The maximum atomic E-state index is 16.0. The molecule has 0 amide bonds. The van der Waals surface area contributed by atoms with E-state index in [1.54, 1.807) is 34.0 Å². The molecular formula is C43H64BF2O3PS4. The van der Waals surface area contributed by atoms with E-state index in [9.17, 15) is 8.99 Å². The van der Waals surface area contributed by atoms with Crippen molar-refractivity contribution in [2.45, 2.75) is 138 Å². The normalized spacial score (nSPS) is 14.8. The third kappa shape index (κ3) is 11.5. The van der Waals surface area contributed by atoms with Crippen molar-refractivity contribution in [2.75, 3.05) is 19.9 Å². The van der Waals surface area contributed by atoms with Gasteiger partial charge in [0.1, 0.15) is 16.4 Å². The molecule has 54 heavy (non-hydrogen) atoms. The van der Waals surface area contributed by atoms with E-state index in [0.717, 1.165) is 83.1 Å². The van der Waals surface area contributed by atoms with Gasteiger partial charge in [-0.05, 0) is 57.1 Å². The molecule has 0 radical (unpaired) electrons. The summed E-state index contributed by atoms with van der Waals surface area (Å²) < 4.78 is 71.0. The second-order valence-corrected chi connectivity index (χ2v) is 20.2. The van der Waals surface area contributed by atoms with Gasteiger partial charge in [-0.15, -0.1) is 45.3 Å². The van der Waals surface area contributed by atoms with Crippen LogP contribution < -0.4 is 9.47 Å². The first kappa shape index (κ1) is 39.3. The summed E-state index contributed by atoms with van der Waals surface area (Å²) in [6.07, 6.45) is 15.1. The minimum atomic E-state index is -4.85. The van der Waals surface area contributed by atoms with Crippen LogP contribution in [0, 0.1) is 31.5 Å². The van der Waals surface area contributed by atoms with Gasteiger partial charge < -0.3 is 9.47 Å². The summed E-state index contributed by atoms with van der Waals surface area (Å²) in [5, 5.41) is 2.84. The van der Waals surface area contributed by atoms with E-state index < -0.39 is 15.5 Å². The molecule has 0 aliphatic rings. The Bertz CT molecular complexity index is 2020. The van der Waals surface area contributed by atoms with Crippen molar-refractivity contribution >= 4 is 96.9 Å². The van der Waals surface area contributed by atoms with E-state index in [0.29, 0.717) is 48.4 Å². The van der Waals surface area contributed by atoms with Crippen LogP contribution in [0.5, 0.6) is 11.5 Å². The number of thiophene rings is 4. The van der Waals surface area contributed by atoms with Gasteiger partial charge in [0.2, 0.25) is 0 Å². The van der Waals surface area contributed by atoms with Crippen molar-refractivity contribution < 1.29 is 22.9 Å². The van der Waals surface area contributed by atoms with E-state index >= 15 is 4.39 Å². The van der Waals surface area contributed by atoms with Crippen LogP contribution in [-0.4, -0.2) is 38.4 Å². The molecule has 0 fully saturated rings. The van der Waals surface area contributed by atoms with Gasteiger partial charge >= 0.3 is 31.6 Å². The first-order valence-corrected chi connectivity index (χ1v) is 25.1. The molecule has 5 rings (SSSR count). The SMILES string of the molecule is CCCCCCCC(=O)c1sc2c(-c3cc4c(OCC(CC)CCCC)c5sc(C)cc5c(OCC(CC)CCCC)c4s3)sc(C)c2c1F.[2H]P([3H])(C)(F)B([3H])[3H]. The van der Waals surface area contributed by atoms with Crippen LogP contribution in [0.15, 0.2) is 12.1 Å². The van der Waals surface area contributed by atoms with Crippen LogP contribution >= 0.6 is 53.3 Å². The average Bonchev–Trinajstić information content (AvgIpc) is 3.94. The molecule has 4 aromatic heterocycles. The molecule has 300 valence electrons. The molecule has 0 aliphatic heterocycles. The number of benzene rings is 1. The van der Waals surface area contributed by atoms with Crippen molar-refractivity contribution in [1.29, 1.82) is 5.23 Å². The summed E-state index contributed by atoms with van der Waals surface area (Å²) in [6.45, 7) is 17.5. The monoisotopic (exact) mass is 843 g/mol. The summed E-state index contributed by atoms with van der Waals surface area (Å²) in [7, 11) is -6.81. The van der Waals surface area contributed by atoms with Gasteiger partial charge in [-0.3, -0.25) is 4.79 Å². The van der Waals surface area contributed by atoms with Crippen molar-refractivity contribution in [3.8, 4) is 21.3 Å². The Morgan fingerprint density at radius 1 is 0.852 bits per heavy atom. The fourth-order valence-corrected chi connectivity index (χ4v) is 11.8. The first-order chi connectivity index (χ1) is 27.5. The molecule has 2 atom stereocenters. The zero-order chi connectivity index (χ0) is 42.8. The molecule has 2 unspecified atom stereocenters. The Morgan fingerprint density at radius 2 is 1.41 bits per heavy atom. The number of fused-ring (bicyclic) bond motifs is 3. The Kier molecular flexibility index (Phi) is 16.3. The molecule has 5 aromatic rings. The standard InChI is InChI=1S/C42H57FO3S4.CH7BFP/c1-8-13-16-17-18-21-32(44)40-35(43)34-27(7)48-41(42(34)50-40)33-23-31-37(46-25-29(12-5)20-15-10-3)38-30(22-26(6)47-38)36(39(31)49-33)45-24-28(11-4)19-14-9-2;1-4(2)3/h22-23,28-29H,8-21,24-25H2,1-7H3;2,4H2,1H3/i;2T2,4TD. The fourth-order valence-electron chi connectivity index (χ4n) is 6.90. The van der Waals surface area contributed by atoms with Crippen LogP contribution in [0.2, 0.25) is 0 Å². The van der Waals surface area contributed by atoms with Crippen LogP contribution in [0.3, 0.4) is 0 Å². The van der Waals surface area contributed by atoms with Gasteiger partial charge in [-0.2, -0.15) is 0 Å². The molecule has 3 nitrogen and oxygen atoms in total. The molecule has 4 heterocycles. The molecule has 0 aliphatic carbocycles. The van der Waals surface area contributed by atoms with Gasteiger partial charge in [-0.25, -0.2) is 4.39 Å². The summed E-state index contributed by atoms with van der Waals surface area (Å²) in [5.74, 6) is 2.54. The van der Waals surface area contributed by atoms with Crippen LogP contribution in [0.25, 0.3) is 40.0 Å². The molecular weight excluding hydrogens is 773 g/mol. The number of ether oxygens (including phenoxy) is 2. The van der Waals surface area contributed by atoms with E-state index in [1.807, 2.05) is 6.92 Å². The zero-order valence-electron chi connectivity index (χ0n) is 37.8. The van der Waals surface area contributed by atoms with Gasteiger partial charge in [0.05, 0.1) is 32.2 Å². The predicted octanol–water partition coefficient (Wildman–Crippen LogP) is 15.5. The Hall–Kier alpha value is -1.58. The van der Waals surface area contributed by atoms with Crippen molar-refractivity contribution in [3.63, 3.8) is 0 Å². The van der Waals surface area contributed by atoms with Crippen LogP contribution in [0.1, 0.15) is 144 Å². The molecule has 0 saturated carbocycles. The summed E-state index contributed by atoms with van der Waals surface area (Å²) >= 11 is 6.50. The van der Waals surface area contributed by atoms with Crippen LogP contribution in [-0.2, 0) is 0 Å². The number of carbonyl (C=O) groups is 1. The van der Waals surface area contributed by atoms with Gasteiger partial charge in [0, 0.05) is 37.2 Å². The molecule has 0 bridgehead atoms. The number of aryl methyl sites for hydroxylation is 2. The van der Waals surface area contributed by atoms with Gasteiger partial charge in [0.15, 0.2) is 11.6 Å². The topological polar surface area (TPSA) is 35.5 Å². The number of hydrogen-bond donors (Lipinski definition) is 0. The molecule has 0 spiro atoms. The third-order valence-corrected chi connectivity index (χ3v) is 15.0. The third-order valence-electron chi connectivity index (χ3n) is 10.2. The van der Waals surface area contributed by atoms with E-state index in [-0.39, 0.29) is 11.6 Å². The number of unbranched alkanes of at least 4 members (excludes halogenated alkanes) is 6. The zero-order valence-corrected chi connectivity index (χ0v) is 37.9. The van der Waals surface area contributed by atoms with Crippen molar-refractivity contribution in [3.05, 3.63) is 32.6 Å².